The van der Waals surface area contributed by atoms with Gasteiger partial charge in [0.1, 0.15) is 5.75 Å². The van der Waals surface area contributed by atoms with Crippen LogP contribution in [-0.4, -0.2) is 77.7 Å². The molecule has 0 atom stereocenters. The Labute approximate surface area is 216 Å². The maximum absolute atomic E-state index is 13.4. The zero-order valence-electron chi connectivity index (χ0n) is 21.4. The molecular weight excluding hydrogens is 470 g/mol. The topological polar surface area (TPSA) is 99.8 Å². The number of fused-ring (bicyclic) bond motifs is 2. The minimum Gasteiger partial charge on any atom is -0.476 e. The second-order valence-corrected chi connectivity index (χ2v) is 10.6. The van der Waals surface area contributed by atoms with E-state index in [0.29, 0.717) is 37.5 Å². The molecule has 2 amide bonds. The number of pyridine rings is 1. The fourth-order valence-electron chi connectivity index (χ4n) is 5.16. The second-order valence-electron chi connectivity index (χ2n) is 10.6. The fraction of sp³-hybridized carbons (Fsp3) is 0.464. The number of carbonyl (C=O) groups excluding carboxylic acids is 2. The van der Waals surface area contributed by atoms with Gasteiger partial charge in [-0.2, -0.15) is 0 Å². The maximum Gasteiger partial charge on any atom is 0.270 e. The molecule has 0 spiro atoms. The molecular formula is C28H33N5O4. The first kappa shape index (κ1) is 23.9. The Morgan fingerprint density at radius 2 is 2.00 bits per heavy atom. The standard InChI is InChI=1S/C28H33N5O4/c1-28(2)27(35)33(10-9-32-11-13-36-14-12-32)23-17-21-20(16-24(23)37-28)25(26(34)30-18-6-7-18)22(31-21)15-19-5-3-4-8-29-19/h3-5,8,16-18,31H,6-7,9-15H2,1-2H3,(H,30,34). The minimum atomic E-state index is -1.00. The molecule has 3 aliphatic rings. The van der Waals surface area contributed by atoms with Crippen LogP contribution in [0.15, 0.2) is 36.5 Å². The molecule has 9 nitrogen and oxygen atoms in total. The Morgan fingerprint density at radius 3 is 2.73 bits per heavy atom. The first-order valence-corrected chi connectivity index (χ1v) is 13.1. The number of ether oxygens (including phenoxy) is 2. The number of rotatable bonds is 7. The summed E-state index contributed by atoms with van der Waals surface area (Å²) in [6.07, 6.45) is 4.28. The van der Waals surface area contributed by atoms with E-state index in [1.807, 2.05) is 35.2 Å². The lowest BCUT2D eigenvalue weighted by atomic mass is 10.0. The smallest absolute Gasteiger partial charge is 0.270 e. The number of aromatic nitrogens is 2. The van der Waals surface area contributed by atoms with Crippen molar-refractivity contribution in [2.45, 2.75) is 44.8 Å². The molecule has 1 aliphatic carbocycles. The van der Waals surface area contributed by atoms with Gasteiger partial charge in [0, 0.05) is 67.1 Å². The highest BCUT2D eigenvalue weighted by Gasteiger charge is 2.41. The molecule has 9 heteroatoms. The summed E-state index contributed by atoms with van der Waals surface area (Å²) in [5.41, 5.74) is 2.82. The summed E-state index contributed by atoms with van der Waals surface area (Å²) in [7, 11) is 0. The van der Waals surface area contributed by atoms with Crippen molar-refractivity contribution >= 4 is 28.4 Å². The van der Waals surface area contributed by atoms with E-state index < -0.39 is 5.60 Å². The van der Waals surface area contributed by atoms with Crippen molar-refractivity contribution in [3.63, 3.8) is 0 Å². The number of amides is 2. The van der Waals surface area contributed by atoms with Crippen molar-refractivity contribution < 1.29 is 19.1 Å². The number of nitrogens with one attached hydrogen (secondary N) is 2. The van der Waals surface area contributed by atoms with Crippen LogP contribution in [0.1, 0.15) is 48.4 Å². The summed E-state index contributed by atoms with van der Waals surface area (Å²) in [6, 6.07) is 9.89. The van der Waals surface area contributed by atoms with Crippen LogP contribution >= 0.6 is 0 Å². The summed E-state index contributed by atoms with van der Waals surface area (Å²) in [5, 5.41) is 3.94. The average Bonchev–Trinajstić information content (AvgIpc) is 3.63. The molecule has 2 aliphatic heterocycles. The third-order valence-corrected chi connectivity index (χ3v) is 7.34. The number of hydrogen-bond donors (Lipinski definition) is 2. The lowest BCUT2D eigenvalue weighted by Crippen LogP contribution is -2.54. The summed E-state index contributed by atoms with van der Waals surface area (Å²) in [6.45, 7) is 8.07. The third-order valence-electron chi connectivity index (χ3n) is 7.34. The van der Waals surface area contributed by atoms with Gasteiger partial charge in [-0.3, -0.25) is 19.5 Å². The Bertz CT molecular complexity index is 1330. The molecule has 3 aromatic rings. The van der Waals surface area contributed by atoms with Gasteiger partial charge in [0.2, 0.25) is 0 Å². The molecule has 0 radical (unpaired) electrons. The molecule has 6 rings (SSSR count). The van der Waals surface area contributed by atoms with E-state index in [9.17, 15) is 9.59 Å². The number of anilines is 1. The number of aromatic amines is 1. The largest absolute Gasteiger partial charge is 0.476 e. The molecule has 37 heavy (non-hydrogen) atoms. The molecule has 4 heterocycles. The van der Waals surface area contributed by atoms with Crippen molar-refractivity contribution in [1.82, 2.24) is 20.2 Å². The number of carbonyl (C=O) groups is 2. The molecule has 0 bridgehead atoms. The molecule has 2 aromatic heterocycles. The lowest BCUT2D eigenvalue weighted by molar-refractivity contribution is -0.132. The van der Waals surface area contributed by atoms with Crippen molar-refractivity contribution in [2.75, 3.05) is 44.3 Å². The molecule has 0 unspecified atom stereocenters. The van der Waals surface area contributed by atoms with Crippen LogP contribution < -0.4 is 15.0 Å². The highest BCUT2D eigenvalue weighted by molar-refractivity contribution is 6.11. The van der Waals surface area contributed by atoms with Crippen LogP contribution in [0.5, 0.6) is 5.75 Å². The number of benzene rings is 1. The van der Waals surface area contributed by atoms with E-state index in [4.69, 9.17) is 9.47 Å². The van der Waals surface area contributed by atoms with Crippen LogP contribution in [0.2, 0.25) is 0 Å². The van der Waals surface area contributed by atoms with E-state index in [0.717, 1.165) is 60.5 Å². The Balaban J connectivity index is 1.40. The Morgan fingerprint density at radius 1 is 1.19 bits per heavy atom. The highest BCUT2D eigenvalue weighted by Crippen LogP contribution is 2.42. The maximum atomic E-state index is 13.4. The zero-order chi connectivity index (χ0) is 25.6. The summed E-state index contributed by atoms with van der Waals surface area (Å²) in [4.78, 5) is 38.9. The molecule has 194 valence electrons. The molecule has 1 saturated carbocycles. The molecule has 2 fully saturated rings. The fourth-order valence-corrected chi connectivity index (χ4v) is 5.16. The highest BCUT2D eigenvalue weighted by atomic mass is 16.5. The molecule has 1 aromatic carbocycles. The molecule has 2 N–H and O–H groups in total. The number of morpholine rings is 1. The zero-order valence-corrected chi connectivity index (χ0v) is 21.4. The molecule has 1 saturated heterocycles. The second kappa shape index (κ2) is 9.46. The van der Waals surface area contributed by atoms with Crippen LogP contribution in [0, 0.1) is 0 Å². The monoisotopic (exact) mass is 503 g/mol. The van der Waals surface area contributed by atoms with Crippen molar-refractivity contribution in [2.24, 2.45) is 0 Å². The third kappa shape index (κ3) is 4.81. The van der Waals surface area contributed by atoms with Gasteiger partial charge in [-0.1, -0.05) is 6.07 Å². The number of H-pyrrole nitrogens is 1. The van der Waals surface area contributed by atoms with E-state index in [1.54, 1.807) is 20.0 Å². The van der Waals surface area contributed by atoms with Gasteiger partial charge in [-0.05, 0) is 51.0 Å². The van der Waals surface area contributed by atoms with Crippen LogP contribution in [0.4, 0.5) is 5.69 Å². The number of hydrogen-bond acceptors (Lipinski definition) is 6. The van der Waals surface area contributed by atoms with Gasteiger partial charge in [0.15, 0.2) is 5.60 Å². The van der Waals surface area contributed by atoms with Crippen LogP contribution in [0.25, 0.3) is 10.9 Å². The van der Waals surface area contributed by atoms with Gasteiger partial charge in [0.05, 0.1) is 24.5 Å². The van der Waals surface area contributed by atoms with E-state index in [1.165, 1.54) is 0 Å². The van der Waals surface area contributed by atoms with Crippen molar-refractivity contribution in [3.8, 4) is 5.75 Å². The lowest BCUT2D eigenvalue weighted by Gasteiger charge is -2.40. The van der Waals surface area contributed by atoms with Gasteiger partial charge in [0.25, 0.3) is 11.8 Å². The van der Waals surface area contributed by atoms with Crippen LogP contribution in [-0.2, 0) is 16.0 Å². The Kier molecular flexibility index (Phi) is 6.12. The summed E-state index contributed by atoms with van der Waals surface area (Å²) >= 11 is 0. The number of nitrogens with zero attached hydrogens (tertiary/aromatic N) is 3. The first-order chi connectivity index (χ1) is 17.9. The van der Waals surface area contributed by atoms with Gasteiger partial charge in [-0.25, -0.2) is 0 Å². The van der Waals surface area contributed by atoms with E-state index in [-0.39, 0.29) is 17.9 Å². The van der Waals surface area contributed by atoms with Crippen molar-refractivity contribution in [3.05, 3.63) is 53.5 Å². The Hall–Kier alpha value is -3.43. The van der Waals surface area contributed by atoms with Gasteiger partial charge < -0.3 is 24.7 Å². The van der Waals surface area contributed by atoms with E-state index >= 15 is 0 Å². The van der Waals surface area contributed by atoms with Crippen LogP contribution in [0.3, 0.4) is 0 Å². The SMILES string of the molecule is CC1(C)Oc2cc3c(C(=O)NC4CC4)c(Cc4ccccn4)[nH]c3cc2N(CCN2CCOCC2)C1=O. The van der Waals surface area contributed by atoms with Crippen molar-refractivity contribution in [1.29, 1.82) is 0 Å². The predicted octanol–water partition coefficient (Wildman–Crippen LogP) is 2.88. The van der Waals surface area contributed by atoms with Gasteiger partial charge >= 0.3 is 0 Å². The quantitative estimate of drug-likeness (QED) is 0.514. The summed E-state index contributed by atoms with van der Waals surface area (Å²) < 4.78 is 11.7. The van der Waals surface area contributed by atoms with E-state index in [2.05, 4.69) is 20.2 Å². The average molecular weight is 504 g/mol. The minimum absolute atomic E-state index is 0.0698. The van der Waals surface area contributed by atoms with Gasteiger partial charge in [-0.15, -0.1) is 0 Å². The predicted molar refractivity (Wildman–Crippen MR) is 140 cm³/mol. The first-order valence-electron chi connectivity index (χ1n) is 13.1. The normalized spacial score (nSPS) is 19.5. The summed E-state index contributed by atoms with van der Waals surface area (Å²) in [5.74, 6) is 0.456.